The maximum atomic E-state index is 12.9. The van der Waals surface area contributed by atoms with E-state index in [1.807, 2.05) is 42.7 Å². The molecule has 0 bridgehead atoms. The van der Waals surface area contributed by atoms with Crippen LogP contribution in [0.3, 0.4) is 0 Å². The number of hydrogen-bond donors (Lipinski definition) is 2. The van der Waals surface area contributed by atoms with Crippen LogP contribution in [0.15, 0.2) is 42.5 Å². The van der Waals surface area contributed by atoms with Crippen molar-refractivity contribution in [3.05, 3.63) is 75.8 Å². The molecule has 0 spiro atoms. The molecule has 1 unspecified atom stereocenters. The molecule has 1 aliphatic rings. The first kappa shape index (κ1) is 30.9. The number of carbonyl (C=O) groups is 1. The molecule has 202 valence electrons. The third-order valence-electron chi connectivity index (χ3n) is 6.84. The number of piperazine rings is 1. The number of anilines is 1. The first-order valence-corrected chi connectivity index (χ1v) is 12.4. The van der Waals surface area contributed by atoms with Crippen LogP contribution in [0, 0.1) is 27.7 Å². The number of aryl methyl sites for hydroxylation is 2. The summed E-state index contributed by atoms with van der Waals surface area (Å²) in [5, 5.41) is 14.0. The summed E-state index contributed by atoms with van der Waals surface area (Å²) in [6.07, 6.45) is -0.654. The molecule has 2 aromatic carbocycles. The van der Waals surface area contributed by atoms with Crippen LogP contribution in [0.1, 0.15) is 33.1 Å². The van der Waals surface area contributed by atoms with Gasteiger partial charge in [0.2, 0.25) is 0 Å². The number of aromatic nitrogens is 2. The number of aliphatic hydroxyl groups excluding tert-OH is 1. The minimum atomic E-state index is -0.654. The van der Waals surface area contributed by atoms with Crippen LogP contribution < -0.4 is 10.2 Å². The van der Waals surface area contributed by atoms with Gasteiger partial charge in [-0.15, -0.1) is 24.8 Å². The van der Waals surface area contributed by atoms with E-state index in [1.54, 1.807) is 0 Å². The van der Waals surface area contributed by atoms with E-state index >= 15 is 0 Å². The molecule has 0 aliphatic carbocycles. The van der Waals surface area contributed by atoms with Gasteiger partial charge in [-0.2, -0.15) is 0 Å². The Balaban J connectivity index is 0.00000241. The molecule has 2 N–H and O–H groups in total. The Kier molecular flexibility index (Phi) is 11.3. The maximum Gasteiger partial charge on any atom is 0.271 e. The summed E-state index contributed by atoms with van der Waals surface area (Å²) >= 11 is 6.36. The fraction of sp³-hybridized carbons (Fsp3) is 0.407. The highest BCUT2D eigenvalue weighted by Crippen LogP contribution is 2.25. The van der Waals surface area contributed by atoms with Crippen LogP contribution in [0.25, 0.3) is 5.69 Å². The second kappa shape index (κ2) is 13.5. The molecule has 1 aromatic heterocycles. The van der Waals surface area contributed by atoms with Crippen LogP contribution in [0.5, 0.6) is 0 Å². The monoisotopic (exact) mass is 567 g/mol. The van der Waals surface area contributed by atoms with Gasteiger partial charge in [0.1, 0.15) is 11.5 Å². The lowest BCUT2D eigenvalue weighted by atomic mass is 10.1. The highest BCUT2D eigenvalue weighted by molar-refractivity contribution is 6.32. The molecule has 0 saturated carbocycles. The van der Waals surface area contributed by atoms with E-state index in [2.05, 4.69) is 52.1 Å². The second-order valence-corrected chi connectivity index (χ2v) is 9.66. The Labute approximate surface area is 236 Å². The lowest BCUT2D eigenvalue weighted by Gasteiger charge is -2.37. The van der Waals surface area contributed by atoms with Gasteiger partial charge in [-0.25, -0.2) is 4.98 Å². The van der Waals surface area contributed by atoms with Gasteiger partial charge in [-0.05, 0) is 57.0 Å². The summed E-state index contributed by atoms with van der Waals surface area (Å²) in [6, 6.07) is 13.9. The van der Waals surface area contributed by atoms with E-state index in [4.69, 9.17) is 11.6 Å². The highest BCUT2D eigenvalue weighted by atomic mass is 35.5. The van der Waals surface area contributed by atoms with Gasteiger partial charge in [0, 0.05) is 45.0 Å². The summed E-state index contributed by atoms with van der Waals surface area (Å²) in [5.74, 6) is 0.387. The fourth-order valence-electron chi connectivity index (χ4n) is 4.75. The van der Waals surface area contributed by atoms with Gasteiger partial charge in [0.05, 0.1) is 22.5 Å². The molecule has 4 rings (SSSR count). The zero-order valence-electron chi connectivity index (χ0n) is 21.7. The lowest BCUT2D eigenvalue weighted by Crippen LogP contribution is -2.50. The second-order valence-electron chi connectivity index (χ2n) is 9.25. The van der Waals surface area contributed by atoms with Crippen molar-refractivity contribution in [2.75, 3.05) is 44.2 Å². The van der Waals surface area contributed by atoms with Crippen LogP contribution >= 0.6 is 36.4 Å². The summed E-state index contributed by atoms with van der Waals surface area (Å²) in [4.78, 5) is 22.0. The lowest BCUT2D eigenvalue weighted by molar-refractivity contribution is 0.0847. The number of para-hydroxylation sites is 1. The molecule has 1 fully saturated rings. The quantitative estimate of drug-likeness (QED) is 0.439. The minimum absolute atomic E-state index is 0. The first-order valence-electron chi connectivity index (χ1n) is 12.1. The van der Waals surface area contributed by atoms with Crippen molar-refractivity contribution in [3.63, 3.8) is 0 Å². The van der Waals surface area contributed by atoms with Crippen molar-refractivity contribution in [1.29, 1.82) is 0 Å². The van der Waals surface area contributed by atoms with Crippen molar-refractivity contribution in [2.24, 2.45) is 0 Å². The smallest absolute Gasteiger partial charge is 0.271 e. The molecule has 10 heteroatoms. The Bertz CT molecular complexity index is 1210. The zero-order chi connectivity index (χ0) is 25.1. The number of imidazole rings is 1. The molecule has 2 heterocycles. The average Bonchev–Trinajstić information content (AvgIpc) is 3.14. The summed E-state index contributed by atoms with van der Waals surface area (Å²) in [6.45, 7) is 12.3. The number of carbonyl (C=O) groups excluding carboxylic acids is 1. The number of benzene rings is 2. The van der Waals surface area contributed by atoms with Crippen molar-refractivity contribution >= 4 is 48.0 Å². The average molecular weight is 569 g/mol. The fourth-order valence-corrected chi connectivity index (χ4v) is 4.97. The Morgan fingerprint density at radius 2 is 1.65 bits per heavy atom. The number of aliphatic hydroxyl groups is 1. The Morgan fingerprint density at radius 3 is 2.32 bits per heavy atom. The normalized spacial score (nSPS) is 14.5. The van der Waals surface area contributed by atoms with Gasteiger partial charge < -0.3 is 15.3 Å². The van der Waals surface area contributed by atoms with Crippen molar-refractivity contribution < 1.29 is 9.90 Å². The number of rotatable bonds is 7. The standard InChI is InChI=1S/C27H34ClN5O2.2ClH/c1-18-8-7-11-24(19(18)2)32-14-12-31(13-15-32)17-22(34)16-29-27(35)26-20(3)33(21(4)30-26)25-10-6-5-9-23(25)28;;/h5-11,22,34H,12-17H2,1-4H3,(H,29,35);2*1H. The molecule has 1 saturated heterocycles. The highest BCUT2D eigenvalue weighted by Gasteiger charge is 2.23. The molecule has 1 amide bonds. The third-order valence-corrected chi connectivity index (χ3v) is 7.16. The van der Waals surface area contributed by atoms with Crippen LogP contribution in [0.2, 0.25) is 5.02 Å². The molecule has 3 aromatic rings. The van der Waals surface area contributed by atoms with Gasteiger partial charge in [0.25, 0.3) is 5.91 Å². The van der Waals surface area contributed by atoms with Crippen LogP contribution in [-0.2, 0) is 0 Å². The van der Waals surface area contributed by atoms with E-state index in [0.29, 0.717) is 28.8 Å². The maximum absolute atomic E-state index is 12.9. The predicted molar refractivity (Wildman–Crippen MR) is 155 cm³/mol. The Hall–Kier alpha value is -2.29. The van der Waals surface area contributed by atoms with Gasteiger partial charge >= 0.3 is 0 Å². The predicted octanol–water partition coefficient (Wildman–Crippen LogP) is 4.52. The molecule has 1 aliphatic heterocycles. The summed E-state index contributed by atoms with van der Waals surface area (Å²) < 4.78 is 1.88. The van der Waals surface area contributed by atoms with Crippen molar-refractivity contribution in [3.8, 4) is 5.69 Å². The van der Waals surface area contributed by atoms with Crippen molar-refractivity contribution in [2.45, 2.75) is 33.8 Å². The van der Waals surface area contributed by atoms with Gasteiger partial charge in [-0.3, -0.25) is 14.3 Å². The van der Waals surface area contributed by atoms with Crippen LogP contribution in [0.4, 0.5) is 5.69 Å². The van der Waals surface area contributed by atoms with Gasteiger partial charge in [-0.1, -0.05) is 35.9 Å². The molecule has 7 nitrogen and oxygen atoms in total. The molecular formula is C27H36Cl3N5O2. The number of nitrogens with zero attached hydrogens (tertiary/aromatic N) is 4. The number of β-amino-alcohol motifs (C(OH)–C–C–N with tert-alkyl or cyclic N) is 1. The number of halogens is 3. The number of hydrogen-bond acceptors (Lipinski definition) is 5. The third kappa shape index (κ3) is 6.98. The zero-order valence-corrected chi connectivity index (χ0v) is 24.1. The first-order chi connectivity index (χ1) is 16.8. The summed E-state index contributed by atoms with van der Waals surface area (Å²) in [7, 11) is 0. The summed E-state index contributed by atoms with van der Waals surface area (Å²) in [5.41, 5.74) is 5.77. The number of nitrogens with one attached hydrogen (secondary N) is 1. The van der Waals surface area contributed by atoms with Crippen LogP contribution in [-0.4, -0.2) is 70.8 Å². The van der Waals surface area contributed by atoms with E-state index < -0.39 is 6.10 Å². The molecule has 0 radical (unpaired) electrons. The molecule has 37 heavy (non-hydrogen) atoms. The minimum Gasteiger partial charge on any atom is -0.390 e. The number of amides is 1. The Morgan fingerprint density at radius 1 is 1.00 bits per heavy atom. The van der Waals surface area contributed by atoms with E-state index in [0.717, 1.165) is 31.9 Å². The van der Waals surface area contributed by atoms with E-state index in [-0.39, 0.29) is 37.3 Å². The molecular weight excluding hydrogens is 533 g/mol. The van der Waals surface area contributed by atoms with E-state index in [9.17, 15) is 9.90 Å². The SMILES string of the molecule is Cc1cccc(N2CCN(CC(O)CNC(=O)c3nc(C)n(-c4ccccc4Cl)c3C)CC2)c1C.Cl.Cl. The largest absolute Gasteiger partial charge is 0.390 e. The topological polar surface area (TPSA) is 73.6 Å². The van der Waals surface area contributed by atoms with Gasteiger partial charge in [0.15, 0.2) is 0 Å². The molecule has 1 atom stereocenters. The van der Waals surface area contributed by atoms with Crippen molar-refractivity contribution in [1.82, 2.24) is 19.8 Å². The van der Waals surface area contributed by atoms with E-state index in [1.165, 1.54) is 16.8 Å².